The molecular formula is C18H21NO2. The Labute approximate surface area is 125 Å². The Bertz CT molecular complexity index is 664. The van der Waals surface area contributed by atoms with Crippen molar-refractivity contribution < 1.29 is 9.47 Å². The average Bonchev–Trinajstić information content (AvgIpc) is 2.79. The molecule has 0 radical (unpaired) electrons. The molecule has 0 aromatic heterocycles. The van der Waals surface area contributed by atoms with Gasteiger partial charge in [-0.25, -0.2) is 0 Å². The summed E-state index contributed by atoms with van der Waals surface area (Å²) in [6.07, 6.45) is 0.912. The molecule has 1 aliphatic rings. The van der Waals surface area contributed by atoms with Crippen LogP contribution in [0.4, 0.5) is 0 Å². The van der Waals surface area contributed by atoms with E-state index in [4.69, 9.17) is 15.2 Å². The summed E-state index contributed by atoms with van der Waals surface area (Å²) in [5.74, 6) is 1.79. The average molecular weight is 283 g/mol. The molecule has 1 atom stereocenters. The second-order valence-electron chi connectivity index (χ2n) is 6.13. The van der Waals surface area contributed by atoms with Crippen LogP contribution in [0.15, 0.2) is 42.5 Å². The molecule has 1 aliphatic heterocycles. The van der Waals surface area contributed by atoms with Crippen molar-refractivity contribution in [2.24, 2.45) is 5.73 Å². The fraction of sp³-hybridized carbons (Fsp3) is 0.333. The van der Waals surface area contributed by atoms with Crippen LogP contribution in [0.2, 0.25) is 0 Å². The summed E-state index contributed by atoms with van der Waals surface area (Å²) in [7, 11) is 1.67. The van der Waals surface area contributed by atoms with Crippen LogP contribution in [0.5, 0.6) is 11.5 Å². The summed E-state index contributed by atoms with van der Waals surface area (Å²) < 4.78 is 11.3. The first-order chi connectivity index (χ1) is 10.00. The molecule has 0 amide bonds. The van der Waals surface area contributed by atoms with E-state index in [9.17, 15) is 0 Å². The van der Waals surface area contributed by atoms with Gasteiger partial charge in [0.1, 0.15) is 17.1 Å². The first-order valence-corrected chi connectivity index (χ1v) is 7.20. The van der Waals surface area contributed by atoms with Gasteiger partial charge in [-0.2, -0.15) is 0 Å². The summed E-state index contributed by atoms with van der Waals surface area (Å²) in [5.41, 5.74) is 9.61. The Morgan fingerprint density at radius 3 is 2.71 bits per heavy atom. The Balaban J connectivity index is 1.95. The molecular weight excluding hydrogens is 262 g/mol. The molecule has 3 heteroatoms. The van der Waals surface area contributed by atoms with Gasteiger partial charge in [0.2, 0.25) is 0 Å². The molecule has 21 heavy (non-hydrogen) atoms. The van der Waals surface area contributed by atoms with Gasteiger partial charge in [0.15, 0.2) is 0 Å². The van der Waals surface area contributed by atoms with Crippen LogP contribution in [0.3, 0.4) is 0 Å². The van der Waals surface area contributed by atoms with Crippen LogP contribution in [0.25, 0.3) is 0 Å². The first-order valence-electron chi connectivity index (χ1n) is 7.20. The summed E-state index contributed by atoms with van der Waals surface area (Å²) in [6, 6.07) is 13.9. The van der Waals surface area contributed by atoms with E-state index in [1.54, 1.807) is 7.11 Å². The maximum absolute atomic E-state index is 6.43. The van der Waals surface area contributed by atoms with Crippen molar-refractivity contribution in [2.45, 2.75) is 31.9 Å². The molecule has 3 rings (SSSR count). The molecule has 0 bridgehead atoms. The molecule has 0 spiro atoms. The van der Waals surface area contributed by atoms with E-state index < -0.39 is 0 Å². The van der Waals surface area contributed by atoms with Crippen LogP contribution in [0, 0.1) is 0 Å². The molecule has 110 valence electrons. The highest BCUT2D eigenvalue weighted by Gasteiger charge is 2.30. The summed E-state index contributed by atoms with van der Waals surface area (Å²) in [5, 5.41) is 0. The quantitative estimate of drug-likeness (QED) is 0.938. The largest absolute Gasteiger partial charge is 0.496 e. The number of ether oxygens (including phenoxy) is 2. The van der Waals surface area contributed by atoms with Gasteiger partial charge in [-0.05, 0) is 37.1 Å². The van der Waals surface area contributed by atoms with Crippen molar-refractivity contribution in [3.05, 3.63) is 59.2 Å². The minimum Gasteiger partial charge on any atom is -0.496 e. The molecule has 1 heterocycles. The van der Waals surface area contributed by atoms with Crippen LogP contribution < -0.4 is 15.2 Å². The van der Waals surface area contributed by atoms with E-state index in [1.165, 1.54) is 5.56 Å². The highest BCUT2D eigenvalue weighted by atomic mass is 16.5. The summed E-state index contributed by atoms with van der Waals surface area (Å²) in [4.78, 5) is 0. The fourth-order valence-corrected chi connectivity index (χ4v) is 2.93. The Kier molecular flexibility index (Phi) is 3.38. The minimum absolute atomic E-state index is 0.129. The number of hydrogen-bond donors (Lipinski definition) is 1. The molecule has 1 unspecified atom stereocenters. The lowest BCUT2D eigenvalue weighted by atomic mass is 9.94. The number of methoxy groups -OCH3 is 1. The third-order valence-corrected chi connectivity index (χ3v) is 3.92. The normalized spacial score (nSPS) is 17.0. The molecule has 3 nitrogen and oxygen atoms in total. The number of nitrogens with two attached hydrogens (primary N) is 1. The highest BCUT2D eigenvalue weighted by Crippen LogP contribution is 2.37. The lowest BCUT2D eigenvalue weighted by molar-refractivity contribution is 0.138. The molecule has 2 aromatic carbocycles. The minimum atomic E-state index is -0.199. The smallest absolute Gasteiger partial charge is 0.123 e. The van der Waals surface area contributed by atoms with Crippen molar-refractivity contribution >= 4 is 0 Å². The van der Waals surface area contributed by atoms with Gasteiger partial charge in [-0.1, -0.05) is 30.3 Å². The van der Waals surface area contributed by atoms with Crippen LogP contribution in [-0.4, -0.2) is 12.7 Å². The van der Waals surface area contributed by atoms with E-state index in [-0.39, 0.29) is 11.6 Å². The predicted octanol–water partition coefficient (Wildman–Crippen LogP) is 3.46. The van der Waals surface area contributed by atoms with Gasteiger partial charge in [-0.15, -0.1) is 0 Å². The van der Waals surface area contributed by atoms with Gasteiger partial charge < -0.3 is 15.2 Å². The summed E-state index contributed by atoms with van der Waals surface area (Å²) in [6.45, 7) is 4.21. The Hall–Kier alpha value is -2.00. The topological polar surface area (TPSA) is 44.5 Å². The van der Waals surface area contributed by atoms with Crippen LogP contribution >= 0.6 is 0 Å². The van der Waals surface area contributed by atoms with Crippen molar-refractivity contribution in [2.75, 3.05) is 7.11 Å². The summed E-state index contributed by atoms with van der Waals surface area (Å²) >= 11 is 0. The molecule has 0 aliphatic carbocycles. The second-order valence-corrected chi connectivity index (χ2v) is 6.13. The van der Waals surface area contributed by atoms with E-state index in [0.29, 0.717) is 0 Å². The number of hydrogen-bond acceptors (Lipinski definition) is 3. The standard InChI is InChI=1S/C18H21NO2/c1-18(2)11-13-10-12(8-9-15(13)21-18)17(19)14-6-4-5-7-16(14)20-3/h4-10,17H,11,19H2,1-3H3. The molecule has 0 saturated carbocycles. The zero-order valence-corrected chi connectivity index (χ0v) is 12.7. The lowest BCUT2D eigenvalue weighted by Crippen LogP contribution is -2.24. The zero-order chi connectivity index (χ0) is 15.0. The second kappa shape index (κ2) is 5.08. The van der Waals surface area contributed by atoms with Crippen molar-refractivity contribution in [3.63, 3.8) is 0 Å². The molecule has 0 fully saturated rings. The third kappa shape index (κ3) is 2.61. The van der Waals surface area contributed by atoms with Gasteiger partial charge in [0, 0.05) is 12.0 Å². The van der Waals surface area contributed by atoms with Gasteiger partial charge in [-0.3, -0.25) is 0 Å². The fourth-order valence-electron chi connectivity index (χ4n) is 2.93. The Morgan fingerprint density at radius 2 is 1.95 bits per heavy atom. The maximum atomic E-state index is 6.43. The maximum Gasteiger partial charge on any atom is 0.123 e. The van der Waals surface area contributed by atoms with Gasteiger partial charge in [0.25, 0.3) is 0 Å². The molecule has 2 N–H and O–H groups in total. The number of benzene rings is 2. The zero-order valence-electron chi connectivity index (χ0n) is 12.7. The van der Waals surface area contributed by atoms with Crippen LogP contribution in [-0.2, 0) is 6.42 Å². The van der Waals surface area contributed by atoms with Crippen molar-refractivity contribution in [3.8, 4) is 11.5 Å². The highest BCUT2D eigenvalue weighted by molar-refractivity contribution is 5.47. The van der Waals surface area contributed by atoms with E-state index in [1.807, 2.05) is 36.4 Å². The molecule has 0 saturated heterocycles. The van der Waals surface area contributed by atoms with E-state index in [0.717, 1.165) is 29.0 Å². The van der Waals surface area contributed by atoms with Crippen LogP contribution in [0.1, 0.15) is 36.6 Å². The monoisotopic (exact) mass is 283 g/mol. The number of para-hydroxylation sites is 1. The van der Waals surface area contributed by atoms with Crippen molar-refractivity contribution in [1.29, 1.82) is 0 Å². The van der Waals surface area contributed by atoms with Gasteiger partial charge in [0.05, 0.1) is 13.2 Å². The Morgan fingerprint density at radius 1 is 1.19 bits per heavy atom. The predicted molar refractivity (Wildman–Crippen MR) is 83.9 cm³/mol. The number of rotatable bonds is 3. The van der Waals surface area contributed by atoms with Gasteiger partial charge >= 0.3 is 0 Å². The SMILES string of the molecule is COc1ccccc1C(N)c1ccc2c(c1)CC(C)(C)O2. The third-order valence-electron chi connectivity index (χ3n) is 3.92. The lowest BCUT2D eigenvalue weighted by Gasteiger charge is -2.17. The number of fused-ring (bicyclic) bond motifs is 1. The van der Waals surface area contributed by atoms with E-state index in [2.05, 4.69) is 19.9 Å². The molecule has 2 aromatic rings. The van der Waals surface area contributed by atoms with E-state index >= 15 is 0 Å². The first kappa shape index (κ1) is 14.0. The van der Waals surface area contributed by atoms with Crippen molar-refractivity contribution in [1.82, 2.24) is 0 Å².